The molecule has 2 aliphatic heterocycles. The third-order valence-electron chi connectivity index (χ3n) is 8.19. The average Bonchev–Trinajstić information content (AvgIpc) is 3.30. The fraction of sp³-hybridized carbons (Fsp3) is 0.467. The van der Waals surface area contributed by atoms with Crippen LogP contribution in [0.3, 0.4) is 0 Å². The number of aryl methyl sites for hydroxylation is 1. The summed E-state index contributed by atoms with van der Waals surface area (Å²) >= 11 is 0. The van der Waals surface area contributed by atoms with Crippen LogP contribution in [0.25, 0.3) is 10.9 Å². The molecule has 0 spiro atoms. The van der Waals surface area contributed by atoms with E-state index in [2.05, 4.69) is 35.9 Å². The van der Waals surface area contributed by atoms with Crippen LogP contribution in [0.15, 0.2) is 30.3 Å². The van der Waals surface area contributed by atoms with E-state index in [4.69, 9.17) is 11.6 Å². The standard InChI is InChI=1S/C30H34N4O2/c1-4-20-16-23-24(17-26(20)34-9-7-21(8-10-34)33-11-13-36-14-12-33)30(2,3)29-27(28(23)35)22-6-5-19(18-31)15-25(22)32-29/h5-6,15-17,21,32H,4,7-14H2,1-3H3/i1D,13D2,14D2. The van der Waals surface area contributed by atoms with E-state index in [1.165, 1.54) is 0 Å². The number of benzene rings is 2. The fourth-order valence-electron chi connectivity index (χ4n) is 6.14. The summed E-state index contributed by atoms with van der Waals surface area (Å²) in [6, 6.07) is 11.7. The van der Waals surface area contributed by atoms with Crippen molar-refractivity contribution in [1.82, 2.24) is 9.88 Å². The number of ketones is 1. The first-order valence-corrected chi connectivity index (χ1v) is 12.6. The number of morpholine rings is 1. The number of aromatic amines is 1. The maximum absolute atomic E-state index is 14.0. The zero-order valence-corrected chi connectivity index (χ0v) is 20.8. The molecule has 0 atom stereocenters. The molecule has 6 rings (SSSR count). The van der Waals surface area contributed by atoms with Gasteiger partial charge in [-0.1, -0.05) is 26.8 Å². The van der Waals surface area contributed by atoms with Crippen LogP contribution in [0.4, 0.5) is 5.69 Å². The molecule has 3 aliphatic rings. The largest absolute Gasteiger partial charge is 0.379 e. The Balaban J connectivity index is 1.33. The molecule has 0 saturated carbocycles. The Kier molecular flexibility index (Phi) is 4.42. The van der Waals surface area contributed by atoms with E-state index in [1.807, 2.05) is 17.0 Å². The smallest absolute Gasteiger partial charge is 0.195 e. The summed E-state index contributed by atoms with van der Waals surface area (Å²) in [5.74, 6) is -0.0439. The molecule has 2 saturated heterocycles. The summed E-state index contributed by atoms with van der Waals surface area (Å²) in [6.45, 7) is 1.85. The summed E-state index contributed by atoms with van der Waals surface area (Å²) < 4.78 is 45.1. The monoisotopic (exact) mass is 487 g/mol. The Bertz CT molecular complexity index is 1570. The Hall–Kier alpha value is -3.14. The first kappa shape index (κ1) is 18.2. The summed E-state index contributed by atoms with van der Waals surface area (Å²) in [5, 5.41) is 10.2. The lowest BCUT2D eigenvalue weighted by Gasteiger charge is -2.42. The Morgan fingerprint density at radius 3 is 2.69 bits per heavy atom. The normalized spacial score (nSPS) is 25.1. The van der Waals surface area contributed by atoms with Gasteiger partial charge in [-0.3, -0.25) is 9.69 Å². The van der Waals surface area contributed by atoms with Gasteiger partial charge in [0.15, 0.2) is 5.78 Å². The van der Waals surface area contributed by atoms with Gasteiger partial charge < -0.3 is 14.6 Å². The van der Waals surface area contributed by atoms with Gasteiger partial charge in [0.2, 0.25) is 0 Å². The van der Waals surface area contributed by atoms with Gasteiger partial charge >= 0.3 is 0 Å². The van der Waals surface area contributed by atoms with E-state index >= 15 is 0 Å². The molecule has 2 fully saturated rings. The molecule has 36 heavy (non-hydrogen) atoms. The van der Waals surface area contributed by atoms with Crippen molar-refractivity contribution < 1.29 is 16.4 Å². The molecule has 1 aromatic heterocycles. The van der Waals surface area contributed by atoms with Crippen molar-refractivity contribution in [2.24, 2.45) is 0 Å². The number of hydrogen-bond acceptors (Lipinski definition) is 5. The van der Waals surface area contributed by atoms with Gasteiger partial charge in [-0.05, 0) is 54.7 Å². The van der Waals surface area contributed by atoms with Gasteiger partial charge in [0, 0.05) is 66.9 Å². The van der Waals surface area contributed by atoms with E-state index in [-0.39, 0.29) is 31.8 Å². The zero-order chi connectivity index (χ0) is 29.3. The van der Waals surface area contributed by atoms with Crippen LogP contribution in [-0.4, -0.2) is 61.0 Å². The van der Waals surface area contributed by atoms with Crippen LogP contribution in [0.1, 0.15) is 78.7 Å². The number of nitriles is 1. The zero-order valence-electron chi connectivity index (χ0n) is 25.8. The molecule has 0 radical (unpaired) electrons. The number of H-pyrrole nitrogens is 1. The van der Waals surface area contributed by atoms with E-state index in [9.17, 15) is 10.1 Å². The minimum atomic E-state index is -2.03. The molecule has 3 aromatic rings. The van der Waals surface area contributed by atoms with Gasteiger partial charge in [-0.25, -0.2) is 0 Å². The van der Waals surface area contributed by atoms with E-state index in [0.29, 0.717) is 36.2 Å². The van der Waals surface area contributed by atoms with Crippen molar-refractivity contribution in [3.05, 3.63) is 63.8 Å². The van der Waals surface area contributed by atoms with Crippen LogP contribution in [0, 0.1) is 11.3 Å². The fourth-order valence-corrected chi connectivity index (χ4v) is 6.14. The number of nitrogens with zero attached hydrogens (tertiary/aromatic N) is 3. The topological polar surface area (TPSA) is 72.4 Å². The predicted molar refractivity (Wildman–Crippen MR) is 142 cm³/mol. The molecule has 186 valence electrons. The number of rotatable bonds is 3. The molecule has 2 aromatic carbocycles. The van der Waals surface area contributed by atoms with Crippen LogP contribution in [0.2, 0.25) is 0 Å². The summed E-state index contributed by atoms with van der Waals surface area (Å²) in [6.07, 6.45) is 2.02. The Morgan fingerprint density at radius 2 is 1.97 bits per heavy atom. The third-order valence-corrected chi connectivity index (χ3v) is 8.19. The predicted octanol–water partition coefficient (Wildman–Crippen LogP) is 4.77. The molecule has 1 aliphatic carbocycles. The quantitative estimate of drug-likeness (QED) is 0.576. The Labute approximate surface area is 219 Å². The van der Waals surface area contributed by atoms with Gasteiger partial charge in [0.05, 0.1) is 35.8 Å². The number of fused-ring (bicyclic) bond motifs is 4. The number of piperidine rings is 1. The summed E-state index contributed by atoms with van der Waals surface area (Å²) in [4.78, 5) is 21.6. The van der Waals surface area contributed by atoms with Crippen molar-refractivity contribution >= 4 is 22.4 Å². The minimum absolute atomic E-state index is 0.0408. The lowest BCUT2D eigenvalue weighted by molar-refractivity contribution is 0.0115. The molecule has 6 nitrogen and oxygen atoms in total. The lowest BCUT2D eigenvalue weighted by Crippen LogP contribution is -2.49. The van der Waals surface area contributed by atoms with Gasteiger partial charge in [-0.2, -0.15) is 5.26 Å². The highest BCUT2D eigenvalue weighted by atomic mass is 16.5. The molecule has 0 bridgehead atoms. The highest BCUT2D eigenvalue weighted by Gasteiger charge is 2.40. The molecule has 1 N–H and O–H groups in total. The van der Waals surface area contributed by atoms with Crippen LogP contribution in [-0.2, 0) is 16.6 Å². The van der Waals surface area contributed by atoms with Crippen LogP contribution < -0.4 is 4.90 Å². The molecular formula is C30H34N4O2. The first-order valence-electron chi connectivity index (χ1n) is 15.3. The molecular weight excluding hydrogens is 448 g/mol. The van der Waals surface area contributed by atoms with Crippen molar-refractivity contribution in [3.63, 3.8) is 0 Å². The van der Waals surface area contributed by atoms with Crippen molar-refractivity contribution in [1.29, 1.82) is 5.26 Å². The van der Waals surface area contributed by atoms with Gasteiger partial charge in [0.1, 0.15) is 0 Å². The number of aromatic nitrogens is 1. The highest BCUT2D eigenvalue weighted by Crippen LogP contribution is 2.46. The van der Waals surface area contributed by atoms with E-state index in [1.54, 1.807) is 12.1 Å². The third kappa shape index (κ3) is 3.56. The number of anilines is 1. The Morgan fingerprint density at radius 1 is 1.19 bits per heavy atom. The van der Waals surface area contributed by atoms with Gasteiger partial charge in [0.25, 0.3) is 0 Å². The number of hydrogen-bond donors (Lipinski definition) is 1. The van der Waals surface area contributed by atoms with Gasteiger partial charge in [-0.15, -0.1) is 0 Å². The van der Waals surface area contributed by atoms with Crippen LogP contribution in [0.5, 0.6) is 0 Å². The second-order valence-corrected chi connectivity index (χ2v) is 10.5. The van der Waals surface area contributed by atoms with Crippen LogP contribution >= 0.6 is 0 Å². The lowest BCUT2D eigenvalue weighted by atomic mass is 9.70. The number of carbonyl (C=O) groups is 1. The molecule has 0 amide bonds. The van der Waals surface area contributed by atoms with Crippen molar-refractivity contribution in [2.75, 3.05) is 44.2 Å². The maximum Gasteiger partial charge on any atom is 0.195 e. The molecule has 0 unspecified atom stereocenters. The second-order valence-electron chi connectivity index (χ2n) is 10.5. The van der Waals surface area contributed by atoms with Crippen molar-refractivity contribution in [3.8, 4) is 6.07 Å². The first-order chi connectivity index (χ1) is 19.3. The number of nitrogens with one attached hydrogen (secondary N) is 1. The summed E-state index contributed by atoms with van der Waals surface area (Å²) in [7, 11) is 0. The minimum Gasteiger partial charge on any atom is -0.379 e. The SMILES string of the molecule is [2H]CCc1cc2c(cc1N1CCC(N3CC([2H])([2H])OC([2H])([2H])C3)CC1)C(C)(C)c1[nH]c3cc(C#N)ccc3c1C2=O. The molecule has 6 heteroatoms. The van der Waals surface area contributed by atoms with E-state index in [0.717, 1.165) is 46.3 Å². The summed E-state index contributed by atoms with van der Waals surface area (Å²) in [5.41, 5.74) is 5.88. The van der Waals surface area contributed by atoms with E-state index < -0.39 is 18.5 Å². The maximum atomic E-state index is 14.0. The molecule has 3 heterocycles. The number of carbonyl (C=O) groups excluding carboxylic acids is 1. The highest BCUT2D eigenvalue weighted by molar-refractivity contribution is 6.20. The second kappa shape index (κ2) is 8.76. The average molecular weight is 488 g/mol. The van der Waals surface area contributed by atoms with Crippen molar-refractivity contribution in [2.45, 2.75) is 51.5 Å². The number of ether oxygens (including phenoxy) is 1.